The van der Waals surface area contributed by atoms with Crippen LogP contribution in [0.2, 0.25) is 0 Å². The van der Waals surface area contributed by atoms with Crippen molar-refractivity contribution in [2.75, 3.05) is 31.6 Å². The molecule has 0 aromatic heterocycles. The average molecular weight is 681 g/mol. The topological polar surface area (TPSA) is 97.3 Å². The van der Waals surface area contributed by atoms with Gasteiger partial charge in [-0.25, -0.2) is 9.59 Å². The third-order valence-corrected chi connectivity index (χ3v) is 6.24. The van der Waals surface area contributed by atoms with Crippen LogP contribution in [0.15, 0.2) is 48.5 Å². The Morgan fingerprint density at radius 1 is 0.891 bits per heavy atom. The maximum absolute atomic E-state index is 13.7. The van der Waals surface area contributed by atoms with E-state index < -0.39 is 79.7 Å². The summed E-state index contributed by atoms with van der Waals surface area (Å²) in [5.41, 5.74) is 0.149. The van der Waals surface area contributed by atoms with Crippen molar-refractivity contribution < 1.29 is 72.8 Å². The minimum absolute atomic E-state index is 0.0465. The van der Waals surface area contributed by atoms with E-state index in [0.29, 0.717) is 5.56 Å². The molecule has 2 rings (SSSR count). The number of nitrogens with one attached hydrogen (secondary N) is 1. The highest BCUT2D eigenvalue weighted by Crippen LogP contribution is 2.48. The summed E-state index contributed by atoms with van der Waals surface area (Å²) < 4.78 is 144. The number of para-hydroxylation sites is 2. The Morgan fingerprint density at radius 3 is 2.09 bits per heavy atom. The van der Waals surface area contributed by atoms with E-state index in [0.717, 1.165) is 17.0 Å². The number of hydrogen-bond acceptors (Lipinski definition) is 5. The van der Waals surface area contributed by atoms with Gasteiger partial charge in [0, 0.05) is 26.0 Å². The fourth-order valence-corrected chi connectivity index (χ4v) is 3.94. The number of ether oxygens (including phenoxy) is 3. The van der Waals surface area contributed by atoms with Crippen LogP contribution in [0.5, 0.6) is 11.5 Å². The molecule has 0 heterocycles. The summed E-state index contributed by atoms with van der Waals surface area (Å²) in [5.74, 6) is -13.4. The molecule has 2 N–H and O–H groups in total. The molecule has 2 aromatic rings. The van der Waals surface area contributed by atoms with Crippen LogP contribution >= 0.6 is 0 Å². The van der Waals surface area contributed by atoms with Crippen LogP contribution in [0.3, 0.4) is 0 Å². The van der Waals surface area contributed by atoms with E-state index in [9.17, 15) is 58.6 Å². The van der Waals surface area contributed by atoms with E-state index >= 15 is 0 Å². The van der Waals surface area contributed by atoms with Crippen molar-refractivity contribution in [3.8, 4) is 11.5 Å². The molecular formula is C28H30F10N2O6. The Morgan fingerprint density at radius 2 is 1.52 bits per heavy atom. The standard InChI is InChI=1S/C28H30F10N2O6/c1-2-44-22(23(41)42)17-18-9-11-19(12-10-18)45-16-15-40(14-6-5-13-25(29,30)26(31,32)27(33,34)35)24(43)39-20-7-3-4-8-21(20)46-28(36,37)38/h3-4,7-12,22H,2,5-6,13-17H2,1H3,(H,39,43)(H,41,42). The van der Waals surface area contributed by atoms with Crippen molar-refractivity contribution in [2.24, 2.45) is 0 Å². The number of carbonyl (C=O) groups is 2. The lowest BCUT2D eigenvalue weighted by atomic mass is 10.0. The number of carbonyl (C=O) groups excluding carboxylic acids is 1. The molecule has 46 heavy (non-hydrogen) atoms. The molecule has 0 spiro atoms. The van der Waals surface area contributed by atoms with Gasteiger partial charge >= 0.3 is 36.4 Å². The minimum Gasteiger partial charge on any atom is -0.492 e. The van der Waals surface area contributed by atoms with Crippen molar-refractivity contribution in [2.45, 2.75) is 63.1 Å². The molecule has 0 saturated heterocycles. The first kappa shape index (κ1) is 38.2. The maximum Gasteiger partial charge on any atom is 0.573 e. The average Bonchev–Trinajstić information content (AvgIpc) is 2.94. The number of unbranched alkanes of at least 4 members (excludes halogenated alkanes) is 1. The molecular weight excluding hydrogens is 650 g/mol. The predicted octanol–water partition coefficient (Wildman–Crippen LogP) is 7.53. The number of benzene rings is 2. The van der Waals surface area contributed by atoms with Gasteiger partial charge in [-0.2, -0.15) is 30.7 Å². The zero-order chi connectivity index (χ0) is 34.8. The molecule has 1 unspecified atom stereocenters. The number of carboxylic acid groups (broad SMARTS) is 1. The van der Waals surface area contributed by atoms with Crippen LogP contribution < -0.4 is 14.8 Å². The van der Waals surface area contributed by atoms with Crippen molar-refractivity contribution >= 4 is 17.7 Å². The molecule has 0 bridgehead atoms. The SMILES string of the molecule is CCOC(Cc1ccc(OCCN(CCCCC(F)(F)C(F)(F)C(F)(F)F)C(=O)Nc2ccccc2OC(F)(F)F)cc1)C(=O)O. The second kappa shape index (κ2) is 16.0. The fourth-order valence-electron chi connectivity index (χ4n) is 3.94. The van der Waals surface area contributed by atoms with E-state index in [-0.39, 0.29) is 31.9 Å². The summed E-state index contributed by atoms with van der Waals surface area (Å²) in [6, 6.07) is 9.36. The van der Waals surface area contributed by atoms with Crippen molar-refractivity contribution in [1.82, 2.24) is 4.90 Å². The highest BCUT2D eigenvalue weighted by atomic mass is 19.4. The van der Waals surface area contributed by atoms with Gasteiger partial charge in [0.1, 0.15) is 12.4 Å². The molecule has 2 aromatic carbocycles. The first-order valence-electron chi connectivity index (χ1n) is 13.6. The van der Waals surface area contributed by atoms with Crippen LogP contribution in [0.25, 0.3) is 0 Å². The molecule has 8 nitrogen and oxygen atoms in total. The number of nitrogens with zero attached hydrogens (tertiary/aromatic N) is 1. The third kappa shape index (κ3) is 11.4. The number of alkyl halides is 10. The summed E-state index contributed by atoms with van der Waals surface area (Å²) in [6.45, 7) is 0.694. The molecule has 0 fully saturated rings. The predicted molar refractivity (Wildman–Crippen MR) is 142 cm³/mol. The highest BCUT2D eigenvalue weighted by molar-refractivity contribution is 5.91. The second-order valence-electron chi connectivity index (χ2n) is 9.67. The number of urea groups is 1. The lowest BCUT2D eigenvalue weighted by Crippen LogP contribution is -2.51. The van der Waals surface area contributed by atoms with Crippen LogP contribution in [0.4, 0.5) is 54.4 Å². The zero-order valence-corrected chi connectivity index (χ0v) is 24.1. The van der Waals surface area contributed by atoms with Gasteiger partial charge in [0.15, 0.2) is 11.9 Å². The molecule has 1 atom stereocenters. The number of rotatable bonds is 17. The summed E-state index contributed by atoms with van der Waals surface area (Å²) >= 11 is 0. The van der Waals surface area contributed by atoms with Gasteiger partial charge in [-0.05, 0) is 49.6 Å². The molecule has 2 amide bonds. The van der Waals surface area contributed by atoms with Crippen molar-refractivity contribution in [3.05, 3.63) is 54.1 Å². The molecule has 0 aliphatic rings. The van der Waals surface area contributed by atoms with Gasteiger partial charge < -0.3 is 29.5 Å². The van der Waals surface area contributed by atoms with Crippen molar-refractivity contribution in [1.29, 1.82) is 0 Å². The lowest BCUT2D eigenvalue weighted by molar-refractivity contribution is -0.355. The van der Waals surface area contributed by atoms with Gasteiger partial charge in [0.05, 0.1) is 12.2 Å². The second-order valence-corrected chi connectivity index (χ2v) is 9.67. The first-order valence-corrected chi connectivity index (χ1v) is 13.6. The van der Waals surface area contributed by atoms with Gasteiger partial charge in [-0.3, -0.25) is 0 Å². The normalized spacial score (nSPS) is 13.2. The molecule has 0 aliphatic carbocycles. The Labute approximate surface area is 256 Å². The number of aliphatic carboxylic acids is 1. The largest absolute Gasteiger partial charge is 0.573 e. The summed E-state index contributed by atoms with van der Waals surface area (Å²) in [7, 11) is 0. The first-order chi connectivity index (χ1) is 21.3. The molecule has 258 valence electrons. The summed E-state index contributed by atoms with van der Waals surface area (Å²) in [6.07, 6.45) is -15.9. The van der Waals surface area contributed by atoms with E-state index in [1.54, 1.807) is 19.1 Å². The Balaban J connectivity index is 2.11. The molecule has 0 aliphatic heterocycles. The van der Waals surface area contributed by atoms with Crippen LogP contribution in [0, 0.1) is 0 Å². The van der Waals surface area contributed by atoms with Crippen LogP contribution in [0.1, 0.15) is 31.7 Å². The minimum atomic E-state index is -6.49. The van der Waals surface area contributed by atoms with Crippen LogP contribution in [-0.4, -0.2) is 78.8 Å². The van der Waals surface area contributed by atoms with E-state index in [4.69, 9.17) is 9.47 Å². The third-order valence-electron chi connectivity index (χ3n) is 6.24. The monoisotopic (exact) mass is 680 g/mol. The Bertz CT molecular complexity index is 1270. The number of halogens is 10. The summed E-state index contributed by atoms with van der Waals surface area (Å²) in [4.78, 5) is 25.1. The number of anilines is 1. The van der Waals surface area contributed by atoms with Gasteiger partial charge in [0.2, 0.25) is 0 Å². The number of amides is 2. The lowest BCUT2D eigenvalue weighted by Gasteiger charge is -2.28. The van der Waals surface area contributed by atoms with E-state index in [1.165, 1.54) is 24.3 Å². The maximum atomic E-state index is 13.7. The van der Waals surface area contributed by atoms with Gasteiger partial charge in [-0.1, -0.05) is 24.3 Å². The van der Waals surface area contributed by atoms with Gasteiger partial charge in [0.25, 0.3) is 0 Å². The number of carboxylic acids is 1. The summed E-state index contributed by atoms with van der Waals surface area (Å²) in [5, 5.41) is 11.4. The van der Waals surface area contributed by atoms with Crippen molar-refractivity contribution in [3.63, 3.8) is 0 Å². The molecule has 0 radical (unpaired) electrons. The Kier molecular flexibility index (Phi) is 13.3. The van der Waals surface area contributed by atoms with E-state index in [2.05, 4.69) is 10.1 Å². The molecule has 18 heteroatoms. The quantitative estimate of drug-likeness (QED) is 0.133. The number of hydrogen-bond donors (Lipinski definition) is 2. The molecule has 0 saturated carbocycles. The fraction of sp³-hybridized carbons (Fsp3) is 0.500. The van der Waals surface area contributed by atoms with E-state index in [1.807, 2.05) is 0 Å². The highest BCUT2D eigenvalue weighted by Gasteiger charge is 2.72. The Hall–Kier alpha value is -3.96. The zero-order valence-electron chi connectivity index (χ0n) is 24.1. The van der Waals surface area contributed by atoms with Crippen LogP contribution in [-0.2, 0) is 16.0 Å². The smallest absolute Gasteiger partial charge is 0.492 e. The van der Waals surface area contributed by atoms with Gasteiger partial charge in [-0.15, -0.1) is 13.2 Å².